The molecule has 0 spiro atoms. The van der Waals surface area contributed by atoms with E-state index in [1.807, 2.05) is 0 Å². The number of rotatable bonds is 4. The van der Waals surface area contributed by atoms with Crippen LogP contribution >= 0.6 is 11.6 Å². The van der Waals surface area contributed by atoms with E-state index in [1.54, 1.807) is 48.5 Å². The van der Waals surface area contributed by atoms with Crippen LogP contribution in [0.1, 0.15) is 11.7 Å². The van der Waals surface area contributed by atoms with Crippen molar-refractivity contribution in [1.29, 1.82) is 0 Å². The molecule has 3 aromatic rings. The molecule has 1 aromatic heterocycles. The monoisotopic (exact) mass is 371 g/mol. The Labute approximate surface area is 153 Å². The maximum Gasteiger partial charge on any atom is 0.302 e. The molecule has 1 heterocycles. The van der Waals surface area contributed by atoms with E-state index in [1.165, 1.54) is 6.92 Å². The number of ether oxygens (including phenoxy) is 1. The minimum atomic E-state index is -0.640. The Kier molecular flexibility index (Phi) is 4.99. The molecule has 0 saturated carbocycles. The molecular weight excluding hydrogens is 358 g/mol. The van der Waals surface area contributed by atoms with Crippen molar-refractivity contribution in [2.45, 2.75) is 6.92 Å². The van der Waals surface area contributed by atoms with Gasteiger partial charge in [-0.05, 0) is 30.3 Å². The lowest BCUT2D eigenvalue weighted by Gasteiger charge is -2.02. The van der Waals surface area contributed by atoms with Crippen molar-refractivity contribution in [1.82, 2.24) is 4.57 Å². The molecule has 7 nitrogen and oxygen atoms in total. The number of azo groups is 1. The fraction of sp³-hybridized carbons (Fsp3) is 0.111. The van der Waals surface area contributed by atoms with E-state index in [-0.39, 0.29) is 24.1 Å². The molecule has 0 aliphatic rings. The van der Waals surface area contributed by atoms with Crippen molar-refractivity contribution in [3.63, 3.8) is 0 Å². The topological polar surface area (TPSA) is 93.3 Å². The third-order valence-electron chi connectivity index (χ3n) is 3.58. The van der Waals surface area contributed by atoms with Gasteiger partial charge in [-0.25, -0.2) is 4.57 Å². The lowest BCUT2D eigenvalue weighted by atomic mass is 10.2. The van der Waals surface area contributed by atoms with Crippen LogP contribution in [0.15, 0.2) is 58.8 Å². The average molecular weight is 372 g/mol. The molecule has 2 aromatic carbocycles. The summed E-state index contributed by atoms with van der Waals surface area (Å²) in [5, 5.41) is 18.7. The molecule has 1 N–H and O–H groups in total. The van der Waals surface area contributed by atoms with Crippen LogP contribution in [0.25, 0.3) is 10.9 Å². The second kappa shape index (κ2) is 7.37. The van der Waals surface area contributed by atoms with Crippen molar-refractivity contribution in [3.8, 4) is 11.6 Å². The summed E-state index contributed by atoms with van der Waals surface area (Å²) in [6.07, 6.45) is 0. The first-order valence-electron chi connectivity index (χ1n) is 7.63. The first kappa shape index (κ1) is 17.6. The Morgan fingerprint density at radius 3 is 2.54 bits per heavy atom. The van der Waals surface area contributed by atoms with Gasteiger partial charge in [-0.1, -0.05) is 29.8 Å². The van der Waals surface area contributed by atoms with E-state index >= 15 is 0 Å². The van der Waals surface area contributed by atoms with Crippen LogP contribution in [0.3, 0.4) is 0 Å². The highest BCUT2D eigenvalue weighted by molar-refractivity contribution is 6.30. The highest BCUT2D eigenvalue weighted by atomic mass is 35.5. The number of aromatic hydroxyl groups is 1. The Hall–Kier alpha value is -3.19. The molecule has 0 aliphatic carbocycles. The summed E-state index contributed by atoms with van der Waals surface area (Å²) in [6.45, 7) is 0.995. The number of carbonyl (C=O) groups excluding carboxylic acids is 2. The number of nitrogens with zero attached hydrogens (tertiary/aromatic N) is 3. The van der Waals surface area contributed by atoms with Gasteiger partial charge in [-0.3, -0.25) is 9.59 Å². The Balaban J connectivity index is 1.79. The van der Waals surface area contributed by atoms with Gasteiger partial charge in [0.1, 0.15) is 5.75 Å². The maximum absolute atomic E-state index is 11.9. The third-order valence-corrected chi connectivity index (χ3v) is 3.83. The van der Waals surface area contributed by atoms with Gasteiger partial charge in [0.25, 0.3) is 0 Å². The summed E-state index contributed by atoms with van der Waals surface area (Å²) in [6, 6.07) is 13.3. The molecule has 0 unspecified atom stereocenters. The van der Waals surface area contributed by atoms with Crippen LogP contribution in [0.5, 0.6) is 11.6 Å². The van der Waals surface area contributed by atoms with Gasteiger partial charge < -0.3 is 9.84 Å². The Bertz CT molecular complexity index is 1010. The van der Waals surface area contributed by atoms with Crippen LogP contribution in [0.2, 0.25) is 5.02 Å². The van der Waals surface area contributed by atoms with Crippen LogP contribution < -0.4 is 4.74 Å². The summed E-state index contributed by atoms with van der Waals surface area (Å²) in [5.41, 5.74) is 0.534. The number of hydrogen-bond donors (Lipinski definition) is 1. The van der Waals surface area contributed by atoms with Gasteiger partial charge in [0, 0.05) is 17.3 Å². The molecule has 0 bridgehead atoms. The second-order valence-electron chi connectivity index (χ2n) is 5.38. The van der Waals surface area contributed by atoms with E-state index in [0.717, 1.165) is 4.57 Å². The van der Waals surface area contributed by atoms with E-state index in [0.29, 0.717) is 21.7 Å². The summed E-state index contributed by atoms with van der Waals surface area (Å²) >= 11 is 5.77. The Morgan fingerprint density at radius 2 is 1.85 bits per heavy atom. The van der Waals surface area contributed by atoms with Crippen molar-refractivity contribution in [2.24, 2.45) is 10.2 Å². The zero-order valence-corrected chi connectivity index (χ0v) is 14.5. The van der Waals surface area contributed by atoms with Gasteiger partial charge in [0.15, 0.2) is 12.3 Å². The van der Waals surface area contributed by atoms with E-state index in [9.17, 15) is 14.7 Å². The smallest absolute Gasteiger partial charge is 0.302 e. The van der Waals surface area contributed by atoms with Gasteiger partial charge >= 0.3 is 5.91 Å². The minimum Gasteiger partial charge on any atom is -0.493 e. The summed E-state index contributed by atoms with van der Waals surface area (Å²) < 4.78 is 6.40. The van der Waals surface area contributed by atoms with Crippen LogP contribution in [0, 0.1) is 0 Å². The number of carbonyl (C=O) groups is 2. The van der Waals surface area contributed by atoms with Crippen LogP contribution in [0.4, 0.5) is 5.69 Å². The molecule has 0 radical (unpaired) electrons. The molecule has 3 rings (SSSR count). The quantitative estimate of drug-likeness (QED) is 0.690. The first-order chi connectivity index (χ1) is 12.5. The van der Waals surface area contributed by atoms with E-state index in [2.05, 4.69) is 10.2 Å². The van der Waals surface area contributed by atoms with Crippen molar-refractivity contribution in [2.75, 3.05) is 6.61 Å². The number of fused-ring (bicyclic) bond motifs is 1. The summed E-state index contributed by atoms with van der Waals surface area (Å²) in [7, 11) is 0. The zero-order chi connectivity index (χ0) is 18.7. The predicted octanol–water partition coefficient (Wildman–Crippen LogP) is 4.35. The standard InChI is InChI=1S/C18H14ClN3O4/c1-11(23)22-15-5-3-2-4-14(15)17(18(22)25)21-20-16(24)10-26-13-8-6-12(19)7-9-13/h2-9,25H,10H2,1H3. The lowest BCUT2D eigenvalue weighted by Crippen LogP contribution is -2.07. The molecular formula is C18H14ClN3O4. The maximum atomic E-state index is 11.9. The molecule has 0 saturated heterocycles. The molecule has 26 heavy (non-hydrogen) atoms. The number of aromatic nitrogens is 1. The van der Waals surface area contributed by atoms with Gasteiger partial charge in [0.2, 0.25) is 11.8 Å². The highest BCUT2D eigenvalue weighted by Gasteiger charge is 2.19. The molecule has 132 valence electrons. The van der Waals surface area contributed by atoms with Crippen LogP contribution in [-0.4, -0.2) is 28.1 Å². The number of amides is 1. The van der Waals surface area contributed by atoms with Gasteiger partial charge in [-0.15, -0.1) is 10.2 Å². The number of benzene rings is 2. The van der Waals surface area contributed by atoms with Gasteiger partial charge in [0.05, 0.1) is 5.52 Å². The first-order valence-corrected chi connectivity index (χ1v) is 8.01. The normalized spacial score (nSPS) is 11.2. The molecule has 8 heteroatoms. The predicted molar refractivity (Wildman–Crippen MR) is 96.4 cm³/mol. The molecule has 0 atom stereocenters. The summed E-state index contributed by atoms with van der Waals surface area (Å²) in [4.78, 5) is 23.6. The van der Waals surface area contributed by atoms with Gasteiger partial charge in [-0.2, -0.15) is 0 Å². The van der Waals surface area contributed by atoms with Crippen LogP contribution in [-0.2, 0) is 4.79 Å². The number of halogens is 1. The van der Waals surface area contributed by atoms with E-state index < -0.39 is 5.91 Å². The largest absolute Gasteiger partial charge is 0.493 e. The zero-order valence-electron chi connectivity index (χ0n) is 13.7. The average Bonchev–Trinajstić information content (AvgIpc) is 2.91. The summed E-state index contributed by atoms with van der Waals surface area (Å²) in [5.74, 6) is -0.917. The van der Waals surface area contributed by atoms with Crippen molar-refractivity contribution < 1.29 is 19.4 Å². The fourth-order valence-electron chi connectivity index (χ4n) is 2.44. The van der Waals surface area contributed by atoms with E-state index in [4.69, 9.17) is 16.3 Å². The third kappa shape index (κ3) is 3.57. The number of hydrogen-bond acceptors (Lipinski definition) is 5. The second-order valence-corrected chi connectivity index (χ2v) is 5.82. The van der Waals surface area contributed by atoms with Crippen molar-refractivity contribution in [3.05, 3.63) is 53.6 Å². The Morgan fingerprint density at radius 1 is 1.15 bits per heavy atom. The van der Waals surface area contributed by atoms with Crippen molar-refractivity contribution >= 4 is 40.0 Å². The number of para-hydroxylation sites is 1. The highest BCUT2D eigenvalue weighted by Crippen LogP contribution is 2.38. The fourth-order valence-corrected chi connectivity index (χ4v) is 2.56. The molecule has 0 aliphatic heterocycles. The lowest BCUT2D eigenvalue weighted by molar-refractivity contribution is -0.120. The SMILES string of the molecule is CC(=O)n1c(O)c(N=NC(=O)COc2ccc(Cl)cc2)c2ccccc21. The molecule has 0 fully saturated rings. The molecule has 1 amide bonds. The minimum absolute atomic E-state index is 0.0515.